The van der Waals surface area contributed by atoms with E-state index in [1.54, 1.807) is 13.1 Å². The van der Waals surface area contributed by atoms with Crippen LogP contribution in [0, 0.1) is 18.3 Å². The Kier molecular flexibility index (Phi) is 3.63. The van der Waals surface area contributed by atoms with Crippen LogP contribution in [0.2, 0.25) is 0 Å². The highest BCUT2D eigenvalue weighted by Crippen LogP contribution is 2.18. The predicted octanol–water partition coefficient (Wildman–Crippen LogP) is 1.12. The van der Waals surface area contributed by atoms with E-state index in [1.807, 2.05) is 19.1 Å². The lowest BCUT2D eigenvalue weighted by molar-refractivity contribution is 0.251. The Balaban J connectivity index is 3.16. The predicted molar refractivity (Wildman–Crippen MR) is 54.8 cm³/mol. The van der Waals surface area contributed by atoms with Gasteiger partial charge in [-0.25, -0.2) is 0 Å². The third kappa shape index (κ3) is 2.11. The van der Waals surface area contributed by atoms with E-state index in [2.05, 4.69) is 11.4 Å². The molecule has 0 fully saturated rings. The summed E-state index contributed by atoms with van der Waals surface area (Å²) < 4.78 is 0. The summed E-state index contributed by atoms with van der Waals surface area (Å²) in [6.45, 7) is 1.96. The largest absolute Gasteiger partial charge is 0.394 e. The van der Waals surface area contributed by atoms with Gasteiger partial charge in [0.25, 0.3) is 0 Å². The molecule has 0 spiro atoms. The maximum atomic E-state index is 9.12. The minimum absolute atomic E-state index is 0.00532. The van der Waals surface area contributed by atoms with E-state index in [4.69, 9.17) is 10.4 Å². The quantitative estimate of drug-likeness (QED) is 0.751. The summed E-state index contributed by atoms with van der Waals surface area (Å²) in [7, 11) is 1.77. The van der Waals surface area contributed by atoms with Gasteiger partial charge < -0.3 is 10.4 Å². The molecule has 3 heteroatoms. The zero-order valence-corrected chi connectivity index (χ0v) is 8.41. The fourth-order valence-electron chi connectivity index (χ4n) is 1.42. The smallest absolute Gasteiger partial charge is 0.0995 e. The molecule has 0 radical (unpaired) electrons. The number of rotatable bonds is 3. The number of nitrogens with zero attached hydrogens (tertiary/aromatic N) is 1. The molecular formula is C11H14N2O. The van der Waals surface area contributed by atoms with E-state index >= 15 is 0 Å². The van der Waals surface area contributed by atoms with Crippen LogP contribution in [-0.4, -0.2) is 18.8 Å². The van der Waals surface area contributed by atoms with Gasteiger partial charge in [-0.15, -0.1) is 0 Å². The number of hydrogen-bond donors (Lipinski definition) is 2. The van der Waals surface area contributed by atoms with E-state index in [-0.39, 0.29) is 12.6 Å². The first-order valence-corrected chi connectivity index (χ1v) is 4.51. The zero-order valence-electron chi connectivity index (χ0n) is 8.41. The van der Waals surface area contributed by atoms with Gasteiger partial charge in [-0.2, -0.15) is 5.26 Å². The van der Waals surface area contributed by atoms with Gasteiger partial charge in [0, 0.05) is 0 Å². The summed E-state index contributed by atoms with van der Waals surface area (Å²) in [6.07, 6.45) is 0. The molecule has 0 bridgehead atoms. The van der Waals surface area contributed by atoms with Crippen molar-refractivity contribution in [3.8, 4) is 6.07 Å². The Morgan fingerprint density at radius 1 is 1.57 bits per heavy atom. The lowest BCUT2D eigenvalue weighted by Crippen LogP contribution is -2.21. The second-order valence-corrected chi connectivity index (χ2v) is 3.23. The minimum Gasteiger partial charge on any atom is -0.394 e. The highest BCUT2D eigenvalue weighted by molar-refractivity contribution is 5.41. The van der Waals surface area contributed by atoms with Gasteiger partial charge in [-0.1, -0.05) is 17.7 Å². The van der Waals surface area contributed by atoms with E-state index < -0.39 is 0 Å². The van der Waals surface area contributed by atoms with E-state index in [9.17, 15) is 0 Å². The van der Waals surface area contributed by atoms with Crippen LogP contribution in [0.5, 0.6) is 0 Å². The molecule has 0 aliphatic carbocycles. The summed E-state index contributed by atoms with van der Waals surface area (Å²) >= 11 is 0. The van der Waals surface area contributed by atoms with Crippen molar-refractivity contribution in [2.75, 3.05) is 13.7 Å². The molecule has 0 amide bonds. The molecule has 14 heavy (non-hydrogen) atoms. The Morgan fingerprint density at radius 3 is 2.79 bits per heavy atom. The first kappa shape index (κ1) is 10.7. The third-order valence-corrected chi connectivity index (χ3v) is 2.23. The molecule has 0 unspecified atom stereocenters. The van der Waals surface area contributed by atoms with Gasteiger partial charge in [0.15, 0.2) is 0 Å². The Hall–Kier alpha value is -1.37. The number of aliphatic hydroxyl groups excluding tert-OH is 1. The summed E-state index contributed by atoms with van der Waals surface area (Å²) in [6, 6.07) is 7.56. The highest BCUT2D eigenvalue weighted by atomic mass is 16.3. The Bertz CT molecular complexity index is 351. The summed E-state index contributed by atoms with van der Waals surface area (Å²) in [4.78, 5) is 0. The third-order valence-electron chi connectivity index (χ3n) is 2.23. The van der Waals surface area contributed by atoms with Gasteiger partial charge in [0.05, 0.1) is 24.3 Å². The number of likely N-dealkylation sites (N-methyl/N-ethyl adjacent to an activating group) is 1. The average Bonchev–Trinajstić information content (AvgIpc) is 2.20. The number of nitriles is 1. The summed E-state index contributed by atoms with van der Waals surface area (Å²) in [5.41, 5.74) is 2.56. The molecular weight excluding hydrogens is 176 g/mol. The van der Waals surface area contributed by atoms with Crippen LogP contribution in [0.15, 0.2) is 18.2 Å². The van der Waals surface area contributed by atoms with Crippen molar-refractivity contribution < 1.29 is 5.11 Å². The van der Waals surface area contributed by atoms with Crippen molar-refractivity contribution in [3.05, 3.63) is 34.9 Å². The van der Waals surface area contributed by atoms with E-state index in [0.29, 0.717) is 5.56 Å². The van der Waals surface area contributed by atoms with Gasteiger partial charge in [0.2, 0.25) is 0 Å². The van der Waals surface area contributed by atoms with Gasteiger partial charge in [-0.05, 0) is 25.6 Å². The molecule has 1 rings (SSSR count). The van der Waals surface area contributed by atoms with Crippen molar-refractivity contribution in [3.63, 3.8) is 0 Å². The van der Waals surface area contributed by atoms with Crippen LogP contribution in [-0.2, 0) is 0 Å². The maximum absolute atomic E-state index is 9.12. The molecule has 0 aliphatic heterocycles. The lowest BCUT2D eigenvalue weighted by Gasteiger charge is -2.15. The van der Waals surface area contributed by atoms with E-state index in [1.165, 1.54) is 0 Å². The molecule has 2 N–H and O–H groups in total. The standard InChI is InChI=1S/C11H14N2O/c1-8-3-4-9(6-12)10(5-8)11(7-14)13-2/h3-5,11,13-14H,7H2,1-2H3/t11-/m0/s1. The molecule has 0 aromatic heterocycles. The number of nitrogens with one attached hydrogen (secondary N) is 1. The molecule has 3 nitrogen and oxygen atoms in total. The molecule has 0 aliphatic rings. The van der Waals surface area contributed by atoms with Crippen LogP contribution in [0.3, 0.4) is 0 Å². The van der Waals surface area contributed by atoms with E-state index in [0.717, 1.165) is 11.1 Å². The lowest BCUT2D eigenvalue weighted by atomic mass is 9.99. The van der Waals surface area contributed by atoms with Crippen molar-refractivity contribution in [2.24, 2.45) is 0 Å². The first-order chi connectivity index (χ1) is 6.72. The normalized spacial score (nSPS) is 12.1. The highest BCUT2D eigenvalue weighted by Gasteiger charge is 2.12. The second kappa shape index (κ2) is 4.75. The maximum Gasteiger partial charge on any atom is 0.0995 e. The zero-order chi connectivity index (χ0) is 10.6. The van der Waals surface area contributed by atoms with Gasteiger partial charge in [0.1, 0.15) is 0 Å². The molecule has 0 saturated heterocycles. The topological polar surface area (TPSA) is 56.0 Å². The Morgan fingerprint density at radius 2 is 2.29 bits per heavy atom. The molecule has 0 saturated carbocycles. The van der Waals surface area contributed by atoms with Crippen LogP contribution in [0.4, 0.5) is 0 Å². The molecule has 1 aromatic carbocycles. The molecule has 74 valence electrons. The summed E-state index contributed by atoms with van der Waals surface area (Å²) in [5.74, 6) is 0. The molecule has 0 heterocycles. The number of benzene rings is 1. The van der Waals surface area contributed by atoms with Crippen molar-refractivity contribution in [1.29, 1.82) is 5.26 Å². The SMILES string of the molecule is CN[C@@H](CO)c1cc(C)ccc1C#N. The number of aryl methyl sites for hydroxylation is 1. The number of hydrogen-bond acceptors (Lipinski definition) is 3. The summed E-state index contributed by atoms with van der Waals surface area (Å²) in [5, 5.41) is 21.0. The van der Waals surface area contributed by atoms with Crippen molar-refractivity contribution >= 4 is 0 Å². The van der Waals surface area contributed by atoms with Crippen LogP contribution in [0.1, 0.15) is 22.7 Å². The van der Waals surface area contributed by atoms with Gasteiger partial charge in [-0.3, -0.25) is 0 Å². The monoisotopic (exact) mass is 190 g/mol. The van der Waals surface area contributed by atoms with Crippen LogP contribution >= 0.6 is 0 Å². The molecule has 1 atom stereocenters. The van der Waals surface area contributed by atoms with Crippen LogP contribution < -0.4 is 5.32 Å². The van der Waals surface area contributed by atoms with Crippen LogP contribution in [0.25, 0.3) is 0 Å². The van der Waals surface area contributed by atoms with Crippen molar-refractivity contribution in [2.45, 2.75) is 13.0 Å². The fraction of sp³-hybridized carbons (Fsp3) is 0.364. The molecule has 1 aromatic rings. The number of aliphatic hydroxyl groups is 1. The first-order valence-electron chi connectivity index (χ1n) is 4.51. The average molecular weight is 190 g/mol. The fourth-order valence-corrected chi connectivity index (χ4v) is 1.42. The Labute approximate surface area is 84.0 Å². The van der Waals surface area contributed by atoms with Gasteiger partial charge >= 0.3 is 0 Å². The van der Waals surface area contributed by atoms with Crippen molar-refractivity contribution in [1.82, 2.24) is 5.32 Å². The minimum atomic E-state index is -0.162. The second-order valence-electron chi connectivity index (χ2n) is 3.23.